The first-order valence-electron chi connectivity index (χ1n) is 9.99. The fraction of sp³-hybridized carbons (Fsp3) is 0.500. The quantitative estimate of drug-likeness (QED) is 0.539. The minimum absolute atomic E-state index is 0.0904. The number of nitrogens with zero attached hydrogens (tertiary/aromatic N) is 3. The molecule has 1 fully saturated rings. The van der Waals surface area contributed by atoms with Crippen molar-refractivity contribution in [3.8, 4) is 0 Å². The number of aromatic nitrogens is 2. The predicted molar refractivity (Wildman–Crippen MR) is 118 cm³/mol. The normalized spacial score (nSPS) is 16.7. The number of aliphatic hydroxyl groups excluding tert-OH is 1. The van der Waals surface area contributed by atoms with E-state index in [-0.39, 0.29) is 23.9 Å². The maximum Gasteiger partial charge on any atom is 0.320 e. The molecular formula is C20H28ClN5O3S. The summed E-state index contributed by atoms with van der Waals surface area (Å²) in [7, 11) is 0.713. The fourth-order valence-electron chi connectivity index (χ4n) is 3.30. The highest BCUT2D eigenvalue weighted by Crippen LogP contribution is 2.22. The monoisotopic (exact) mass is 453 g/mol. The molecule has 3 rings (SSSR count). The maximum absolute atomic E-state index is 12.6. The van der Waals surface area contributed by atoms with Crippen LogP contribution in [0, 0.1) is 0 Å². The topological polar surface area (TPSA) is 99.5 Å². The number of benzene rings is 1. The molecule has 1 aromatic heterocycles. The third-order valence-corrected chi connectivity index (χ3v) is 7.05. The van der Waals surface area contributed by atoms with Gasteiger partial charge in [-0.2, -0.15) is 5.10 Å². The molecule has 2 heterocycles. The van der Waals surface area contributed by atoms with Gasteiger partial charge < -0.3 is 15.3 Å². The highest BCUT2D eigenvalue weighted by Gasteiger charge is 2.32. The Morgan fingerprint density at radius 1 is 1.37 bits per heavy atom. The number of hydrogen-bond acceptors (Lipinski definition) is 5. The van der Waals surface area contributed by atoms with Crippen molar-refractivity contribution in [2.45, 2.75) is 36.0 Å². The van der Waals surface area contributed by atoms with E-state index in [4.69, 9.17) is 11.6 Å². The summed E-state index contributed by atoms with van der Waals surface area (Å²) in [6.45, 7) is 4.03. The van der Waals surface area contributed by atoms with Crippen LogP contribution in [0.1, 0.15) is 19.0 Å². The first kappa shape index (κ1) is 22.7. The van der Waals surface area contributed by atoms with E-state index >= 15 is 0 Å². The molecule has 1 aromatic carbocycles. The van der Waals surface area contributed by atoms with Gasteiger partial charge in [0.1, 0.15) is 5.82 Å². The molecule has 0 bridgehead atoms. The Morgan fingerprint density at radius 2 is 2.07 bits per heavy atom. The minimum atomic E-state index is -1.06. The van der Waals surface area contributed by atoms with Crippen LogP contribution in [0.25, 0.3) is 0 Å². The lowest BCUT2D eigenvalue weighted by Gasteiger charge is -2.39. The molecule has 164 valence electrons. The Kier molecular flexibility index (Phi) is 7.87. The smallest absolute Gasteiger partial charge is 0.320 e. The van der Waals surface area contributed by atoms with E-state index in [0.717, 1.165) is 30.1 Å². The van der Waals surface area contributed by atoms with Gasteiger partial charge in [-0.25, -0.2) is 4.79 Å². The Morgan fingerprint density at radius 3 is 2.67 bits per heavy atom. The molecule has 2 atom stereocenters. The zero-order valence-electron chi connectivity index (χ0n) is 17.2. The van der Waals surface area contributed by atoms with Crippen molar-refractivity contribution in [1.29, 1.82) is 0 Å². The lowest BCUT2D eigenvalue weighted by molar-refractivity contribution is 0.162. The lowest BCUT2D eigenvalue weighted by atomic mass is 10.1. The zero-order valence-corrected chi connectivity index (χ0v) is 18.7. The average Bonchev–Trinajstić information content (AvgIpc) is 3.05. The summed E-state index contributed by atoms with van der Waals surface area (Å²) < 4.78 is 14.2. The molecule has 0 radical (unpaired) electrons. The molecule has 30 heavy (non-hydrogen) atoms. The SMILES string of the molecule is CCc1cc(NC(=O)NC(CO)CCN2CC([S@](=O)c3ccc(Cl)cc3)C2)n(C)n1. The maximum atomic E-state index is 12.6. The molecule has 8 nitrogen and oxygen atoms in total. The van der Waals surface area contributed by atoms with Crippen molar-refractivity contribution in [3.05, 3.63) is 41.0 Å². The molecule has 1 aliphatic heterocycles. The van der Waals surface area contributed by atoms with E-state index in [2.05, 4.69) is 20.6 Å². The predicted octanol–water partition coefficient (Wildman–Crippen LogP) is 2.00. The van der Waals surface area contributed by atoms with Gasteiger partial charge in [0, 0.05) is 42.7 Å². The molecule has 1 unspecified atom stereocenters. The molecule has 2 aromatic rings. The number of likely N-dealkylation sites (tertiary alicyclic amines) is 1. The molecule has 10 heteroatoms. The number of carbonyl (C=O) groups excluding carboxylic acids is 1. The van der Waals surface area contributed by atoms with Gasteiger partial charge in [-0.3, -0.25) is 14.2 Å². The summed E-state index contributed by atoms with van der Waals surface area (Å²) >= 11 is 5.88. The number of aliphatic hydroxyl groups is 1. The zero-order chi connectivity index (χ0) is 21.7. The van der Waals surface area contributed by atoms with Gasteiger partial charge in [0.05, 0.1) is 34.4 Å². The van der Waals surface area contributed by atoms with Gasteiger partial charge in [-0.05, 0) is 37.1 Å². The Labute approximate surface area is 184 Å². The molecule has 0 saturated carbocycles. The van der Waals surface area contributed by atoms with Crippen molar-refractivity contribution >= 4 is 34.2 Å². The first-order chi connectivity index (χ1) is 14.4. The van der Waals surface area contributed by atoms with Crippen LogP contribution >= 0.6 is 11.6 Å². The van der Waals surface area contributed by atoms with Crippen LogP contribution in [0.5, 0.6) is 0 Å². The molecule has 1 saturated heterocycles. The second kappa shape index (κ2) is 10.4. The van der Waals surface area contributed by atoms with E-state index in [1.165, 1.54) is 0 Å². The van der Waals surface area contributed by atoms with Crippen molar-refractivity contribution in [2.75, 3.05) is 31.6 Å². The Hall–Kier alpha value is -1.94. The van der Waals surface area contributed by atoms with Crippen molar-refractivity contribution in [1.82, 2.24) is 20.0 Å². The van der Waals surface area contributed by atoms with Crippen molar-refractivity contribution in [2.24, 2.45) is 7.05 Å². The second-order valence-electron chi connectivity index (χ2n) is 7.40. The van der Waals surface area contributed by atoms with Gasteiger partial charge in [-0.1, -0.05) is 18.5 Å². The number of hydrogen-bond donors (Lipinski definition) is 3. The number of carbonyl (C=O) groups is 1. The summed E-state index contributed by atoms with van der Waals surface area (Å²) in [5.74, 6) is 0.608. The summed E-state index contributed by atoms with van der Waals surface area (Å²) in [6.07, 6.45) is 1.39. The van der Waals surface area contributed by atoms with Gasteiger partial charge in [0.2, 0.25) is 0 Å². The van der Waals surface area contributed by atoms with Crippen molar-refractivity contribution in [3.63, 3.8) is 0 Å². The molecule has 0 aliphatic carbocycles. The standard InChI is InChI=1S/C20H28ClN5O3S/c1-3-15-10-19(25(2)24-15)23-20(28)22-16(13-27)8-9-26-11-18(12-26)30(29)17-6-4-14(21)5-7-17/h4-7,10,16,18,27H,3,8-9,11-13H2,1-2H3,(H2,22,23,28)/t16?,30-/m1/s1. The number of aryl methyl sites for hydroxylation is 2. The minimum Gasteiger partial charge on any atom is -0.394 e. The van der Waals surface area contributed by atoms with Gasteiger partial charge in [-0.15, -0.1) is 0 Å². The molecule has 2 amide bonds. The third kappa shape index (κ3) is 5.81. The fourth-order valence-corrected chi connectivity index (χ4v) is 4.91. The van der Waals surface area contributed by atoms with Gasteiger partial charge >= 0.3 is 6.03 Å². The average molecular weight is 454 g/mol. The number of halogens is 1. The molecular weight excluding hydrogens is 426 g/mol. The van der Waals surface area contributed by atoms with E-state index in [9.17, 15) is 14.1 Å². The molecule has 3 N–H and O–H groups in total. The number of urea groups is 1. The number of nitrogens with one attached hydrogen (secondary N) is 2. The second-order valence-corrected chi connectivity index (χ2v) is 9.57. The number of anilines is 1. The largest absolute Gasteiger partial charge is 0.394 e. The number of amides is 2. The van der Waals surface area contributed by atoms with Gasteiger partial charge in [0.25, 0.3) is 0 Å². The van der Waals surface area contributed by atoms with Crippen LogP contribution in [0.2, 0.25) is 5.02 Å². The third-order valence-electron chi connectivity index (χ3n) is 5.16. The van der Waals surface area contributed by atoms with E-state index in [1.807, 2.05) is 13.0 Å². The van der Waals surface area contributed by atoms with Crippen LogP contribution in [-0.2, 0) is 24.3 Å². The first-order valence-corrected chi connectivity index (χ1v) is 11.6. The van der Waals surface area contributed by atoms with Crippen LogP contribution in [-0.4, -0.2) is 67.6 Å². The summed E-state index contributed by atoms with van der Waals surface area (Å²) in [5.41, 5.74) is 0.898. The highest BCUT2D eigenvalue weighted by atomic mass is 35.5. The van der Waals surface area contributed by atoms with E-state index < -0.39 is 10.8 Å². The lowest BCUT2D eigenvalue weighted by Crippen LogP contribution is -2.54. The van der Waals surface area contributed by atoms with Crippen LogP contribution < -0.4 is 10.6 Å². The van der Waals surface area contributed by atoms with E-state index in [1.54, 1.807) is 36.0 Å². The van der Waals surface area contributed by atoms with Crippen LogP contribution in [0.15, 0.2) is 35.2 Å². The Bertz CT molecular complexity index is 883. The summed E-state index contributed by atoms with van der Waals surface area (Å²) in [4.78, 5) is 15.2. The summed E-state index contributed by atoms with van der Waals surface area (Å²) in [5, 5.41) is 20.2. The van der Waals surface area contributed by atoms with E-state index in [0.29, 0.717) is 23.8 Å². The van der Waals surface area contributed by atoms with Crippen molar-refractivity contribution < 1.29 is 14.1 Å². The highest BCUT2D eigenvalue weighted by molar-refractivity contribution is 7.85. The summed E-state index contributed by atoms with van der Waals surface area (Å²) in [6, 6.07) is 8.21. The van der Waals surface area contributed by atoms with Crippen LogP contribution in [0.4, 0.5) is 10.6 Å². The number of rotatable bonds is 9. The van der Waals surface area contributed by atoms with Crippen LogP contribution in [0.3, 0.4) is 0 Å². The Balaban J connectivity index is 1.40. The molecule has 0 spiro atoms. The molecule has 1 aliphatic rings. The van der Waals surface area contributed by atoms with Gasteiger partial charge in [0.15, 0.2) is 0 Å².